The van der Waals surface area contributed by atoms with Crippen molar-refractivity contribution in [3.63, 3.8) is 0 Å². The van der Waals surface area contributed by atoms with Gasteiger partial charge >= 0.3 is 5.97 Å². The van der Waals surface area contributed by atoms with Crippen molar-refractivity contribution < 1.29 is 24.0 Å². The first-order valence-corrected chi connectivity index (χ1v) is 6.09. The summed E-state index contributed by atoms with van der Waals surface area (Å²) in [6, 6.07) is 5.48. The number of carbonyl (C=O) groups excluding carboxylic acids is 2. The first-order valence-electron chi connectivity index (χ1n) is 6.09. The van der Waals surface area contributed by atoms with Crippen LogP contribution < -0.4 is 0 Å². The molecule has 0 N–H and O–H groups in total. The number of Topliss-reactive ketones (excluding diaryl/α,β-unsaturated/α-hetero) is 1. The van der Waals surface area contributed by atoms with Crippen LogP contribution >= 0.6 is 0 Å². The van der Waals surface area contributed by atoms with Crippen molar-refractivity contribution in [1.29, 1.82) is 0 Å². The number of ether oxygens (including phenoxy) is 2. The van der Waals surface area contributed by atoms with Gasteiger partial charge in [0.1, 0.15) is 12.2 Å². The smallest absolute Gasteiger partial charge is 0.341 e. The second-order valence-electron chi connectivity index (χ2n) is 4.09. The van der Waals surface area contributed by atoms with Crippen molar-refractivity contribution in [2.75, 3.05) is 20.3 Å². The molecule has 21 heavy (non-hydrogen) atoms. The maximum Gasteiger partial charge on any atom is 0.341 e. The summed E-state index contributed by atoms with van der Waals surface area (Å²) in [4.78, 5) is 33.3. The van der Waals surface area contributed by atoms with Gasteiger partial charge in [0, 0.05) is 19.2 Å². The minimum atomic E-state index is -0.752. The standard InChI is InChI=1S/C14H15NO6/c1-10(16)13(14(17)21-8-7-20-2)9-11-3-5-12(6-4-11)15(18)19/h3-6,9H,7-8H2,1-2H3/b13-9+. The molecular weight excluding hydrogens is 278 g/mol. The predicted octanol–water partition coefficient (Wildman–Crippen LogP) is 1.76. The molecule has 1 aromatic carbocycles. The van der Waals surface area contributed by atoms with Gasteiger partial charge in [-0.2, -0.15) is 0 Å². The van der Waals surface area contributed by atoms with Crippen molar-refractivity contribution in [3.05, 3.63) is 45.5 Å². The summed E-state index contributed by atoms with van der Waals surface area (Å²) >= 11 is 0. The molecule has 0 radical (unpaired) electrons. The molecule has 0 aliphatic heterocycles. The van der Waals surface area contributed by atoms with Gasteiger partial charge in [-0.15, -0.1) is 0 Å². The molecule has 112 valence electrons. The molecule has 0 saturated carbocycles. The number of nitro benzene ring substituents is 1. The van der Waals surface area contributed by atoms with Gasteiger partial charge in [-0.3, -0.25) is 14.9 Å². The first kappa shape index (κ1) is 16.5. The molecule has 0 aliphatic carbocycles. The van der Waals surface area contributed by atoms with Crippen molar-refractivity contribution in [3.8, 4) is 0 Å². The lowest BCUT2D eigenvalue weighted by Crippen LogP contribution is -2.16. The molecule has 0 amide bonds. The average molecular weight is 293 g/mol. The van der Waals surface area contributed by atoms with Gasteiger partial charge in [0.15, 0.2) is 5.78 Å². The van der Waals surface area contributed by atoms with Crippen LogP contribution in [0.4, 0.5) is 5.69 Å². The fourth-order valence-electron chi connectivity index (χ4n) is 1.46. The Kier molecular flexibility index (Phi) is 6.22. The zero-order valence-electron chi connectivity index (χ0n) is 11.7. The number of carbonyl (C=O) groups is 2. The zero-order chi connectivity index (χ0) is 15.8. The second-order valence-corrected chi connectivity index (χ2v) is 4.09. The number of benzene rings is 1. The zero-order valence-corrected chi connectivity index (χ0v) is 11.7. The molecule has 7 nitrogen and oxygen atoms in total. The highest BCUT2D eigenvalue weighted by Gasteiger charge is 2.16. The van der Waals surface area contributed by atoms with Crippen LogP contribution in [0.5, 0.6) is 0 Å². The van der Waals surface area contributed by atoms with Crippen molar-refractivity contribution >= 4 is 23.5 Å². The minimum Gasteiger partial charge on any atom is -0.460 e. The van der Waals surface area contributed by atoms with Crippen LogP contribution in [0, 0.1) is 10.1 Å². The van der Waals surface area contributed by atoms with Gasteiger partial charge < -0.3 is 9.47 Å². The number of non-ortho nitro benzene ring substituents is 1. The SMILES string of the molecule is COCCOC(=O)/C(=C/c1ccc([N+](=O)[O-])cc1)C(C)=O. The summed E-state index contributed by atoms with van der Waals surface area (Å²) in [5, 5.41) is 10.5. The Morgan fingerprint density at radius 2 is 1.86 bits per heavy atom. The van der Waals surface area contributed by atoms with E-state index >= 15 is 0 Å². The summed E-state index contributed by atoms with van der Waals surface area (Å²) in [6.07, 6.45) is 1.33. The fraction of sp³-hybridized carbons (Fsp3) is 0.286. The molecule has 7 heteroatoms. The third kappa shape index (κ3) is 5.15. The number of ketones is 1. The summed E-state index contributed by atoms with van der Waals surface area (Å²) in [5.41, 5.74) is 0.300. The molecule has 0 heterocycles. The van der Waals surface area contributed by atoms with Crippen LogP contribution in [0.15, 0.2) is 29.8 Å². The molecule has 1 aromatic rings. The van der Waals surface area contributed by atoms with Gasteiger partial charge in [0.25, 0.3) is 5.69 Å². The highest BCUT2D eigenvalue weighted by atomic mass is 16.6. The van der Waals surface area contributed by atoms with E-state index in [1.54, 1.807) is 0 Å². The van der Waals surface area contributed by atoms with Gasteiger partial charge in [-0.25, -0.2) is 4.79 Å². The number of hydrogen-bond donors (Lipinski definition) is 0. The summed E-state index contributed by atoms with van der Waals surface area (Å²) in [5.74, 6) is -1.20. The Morgan fingerprint density at radius 3 is 2.33 bits per heavy atom. The molecule has 0 aliphatic rings. The molecule has 0 fully saturated rings. The van der Waals surface area contributed by atoms with E-state index in [1.807, 2.05) is 0 Å². The molecule has 1 rings (SSSR count). The van der Waals surface area contributed by atoms with E-state index in [1.165, 1.54) is 44.4 Å². The minimum absolute atomic E-state index is 0.0419. The molecule has 0 bridgehead atoms. The normalized spacial score (nSPS) is 11.0. The van der Waals surface area contributed by atoms with E-state index in [2.05, 4.69) is 0 Å². The van der Waals surface area contributed by atoms with Crippen LogP contribution in [0.1, 0.15) is 12.5 Å². The van der Waals surface area contributed by atoms with Crippen LogP contribution in [0.25, 0.3) is 6.08 Å². The summed E-state index contributed by atoms with van der Waals surface area (Å²) in [6.45, 7) is 1.52. The first-order chi connectivity index (χ1) is 9.95. The lowest BCUT2D eigenvalue weighted by molar-refractivity contribution is -0.384. The van der Waals surface area contributed by atoms with Gasteiger partial charge in [0.05, 0.1) is 11.5 Å². The highest BCUT2D eigenvalue weighted by molar-refractivity contribution is 6.19. The number of methoxy groups -OCH3 is 1. The Morgan fingerprint density at radius 1 is 1.24 bits per heavy atom. The van der Waals surface area contributed by atoms with E-state index in [9.17, 15) is 19.7 Å². The largest absolute Gasteiger partial charge is 0.460 e. The molecule has 0 unspecified atom stereocenters. The third-order valence-corrected chi connectivity index (χ3v) is 2.53. The van der Waals surface area contributed by atoms with Crippen LogP contribution in [0.2, 0.25) is 0 Å². The lowest BCUT2D eigenvalue weighted by Gasteiger charge is -2.05. The number of nitro groups is 1. The molecule has 0 saturated heterocycles. The maximum absolute atomic E-state index is 11.8. The second kappa shape index (κ2) is 7.91. The summed E-state index contributed by atoms with van der Waals surface area (Å²) < 4.78 is 9.62. The molecule has 0 spiro atoms. The molecular formula is C14H15NO6. The van der Waals surface area contributed by atoms with Crippen molar-refractivity contribution in [2.45, 2.75) is 6.92 Å². The quantitative estimate of drug-likeness (QED) is 0.144. The fourth-order valence-corrected chi connectivity index (χ4v) is 1.46. The number of hydrogen-bond acceptors (Lipinski definition) is 6. The van der Waals surface area contributed by atoms with E-state index in [-0.39, 0.29) is 24.5 Å². The van der Waals surface area contributed by atoms with Gasteiger partial charge in [-0.1, -0.05) is 0 Å². The van der Waals surface area contributed by atoms with Crippen molar-refractivity contribution in [1.82, 2.24) is 0 Å². The Hall–Kier alpha value is -2.54. The highest BCUT2D eigenvalue weighted by Crippen LogP contribution is 2.15. The monoisotopic (exact) mass is 293 g/mol. The van der Waals surface area contributed by atoms with Gasteiger partial charge in [0.2, 0.25) is 0 Å². The van der Waals surface area contributed by atoms with Gasteiger partial charge in [-0.05, 0) is 30.7 Å². The van der Waals surface area contributed by atoms with Crippen LogP contribution in [0.3, 0.4) is 0 Å². The van der Waals surface area contributed by atoms with E-state index < -0.39 is 16.7 Å². The Bertz CT molecular complexity index is 561. The van der Waals surface area contributed by atoms with Crippen LogP contribution in [-0.4, -0.2) is 37.0 Å². The number of nitrogens with zero attached hydrogens (tertiary/aromatic N) is 1. The lowest BCUT2D eigenvalue weighted by atomic mass is 10.1. The molecule has 0 aromatic heterocycles. The Balaban J connectivity index is 2.91. The van der Waals surface area contributed by atoms with E-state index in [0.29, 0.717) is 5.56 Å². The topological polar surface area (TPSA) is 95.7 Å². The number of rotatable bonds is 7. The van der Waals surface area contributed by atoms with Crippen LogP contribution in [-0.2, 0) is 19.1 Å². The van der Waals surface area contributed by atoms with E-state index in [0.717, 1.165) is 0 Å². The summed E-state index contributed by atoms with van der Waals surface area (Å²) in [7, 11) is 1.46. The number of esters is 1. The molecule has 0 atom stereocenters. The maximum atomic E-state index is 11.8. The van der Waals surface area contributed by atoms with E-state index in [4.69, 9.17) is 9.47 Å². The predicted molar refractivity (Wildman–Crippen MR) is 74.6 cm³/mol. The average Bonchev–Trinajstić information content (AvgIpc) is 2.45. The Labute approximate surface area is 121 Å². The van der Waals surface area contributed by atoms with Crippen molar-refractivity contribution in [2.24, 2.45) is 0 Å². The third-order valence-electron chi connectivity index (χ3n) is 2.53.